The van der Waals surface area contributed by atoms with Crippen LogP contribution in [0, 0.1) is 24.4 Å². The highest BCUT2D eigenvalue weighted by atomic mass is 32.2. The zero-order valence-electron chi connectivity index (χ0n) is 22.1. The minimum atomic E-state index is -4.68. The van der Waals surface area contributed by atoms with Crippen LogP contribution in [0.5, 0.6) is 5.75 Å². The molecule has 0 fully saturated rings. The SMILES string of the molecule is COc1cccc(-c2c(C)c(Cc3c(F)cccc3F)c3n(c2=O)C(/C(=N/O)c2cccc(C(F)(F)F)c2)CS3)c1F. The van der Waals surface area contributed by atoms with Crippen molar-refractivity contribution in [2.75, 3.05) is 12.9 Å². The molecule has 0 saturated heterocycles. The molecule has 2 heterocycles. The zero-order chi connectivity index (χ0) is 30.3. The molecule has 0 radical (unpaired) electrons. The summed E-state index contributed by atoms with van der Waals surface area (Å²) in [5.41, 5.74) is -2.02. The number of fused-ring (bicyclic) bond motifs is 1. The lowest BCUT2D eigenvalue weighted by Crippen LogP contribution is -2.32. The van der Waals surface area contributed by atoms with Crippen LogP contribution in [-0.4, -0.2) is 28.3 Å². The fourth-order valence-corrected chi connectivity index (χ4v) is 6.51. The van der Waals surface area contributed by atoms with Crippen LogP contribution in [-0.2, 0) is 12.6 Å². The van der Waals surface area contributed by atoms with Crippen molar-refractivity contribution in [3.63, 3.8) is 0 Å². The largest absolute Gasteiger partial charge is 0.494 e. The molecule has 0 saturated carbocycles. The number of thioether (sulfide) groups is 1. The number of alkyl halides is 3. The fourth-order valence-electron chi connectivity index (χ4n) is 5.14. The number of hydrogen-bond acceptors (Lipinski definition) is 5. The van der Waals surface area contributed by atoms with Crippen LogP contribution in [0.1, 0.15) is 33.9 Å². The van der Waals surface area contributed by atoms with Crippen molar-refractivity contribution in [3.8, 4) is 16.9 Å². The number of ether oxygens (including phenoxy) is 1. The molecule has 0 bridgehead atoms. The number of pyridine rings is 1. The van der Waals surface area contributed by atoms with E-state index in [0.717, 1.165) is 42.1 Å². The van der Waals surface area contributed by atoms with Crippen LogP contribution in [0.2, 0.25) is 0 Å². The third-order valence-electron chi connectivity index (χ3n) is 7.20. The monoisotopic (exact) mass is 604 g/mol. The van der Waals surface area contributed by atoms with E-state index in [9.17, 15) is 32.0 Å². The summed E-state index contributed by atoms with van der Waals surface area (Å²) in [6.07, 6.45) is -4.99. The summed E-state index contributed by atoms with van der Waals surface area (Å²) >= 11 is 1.11. The number of halogens is 6. The van der Waals surface area contributed by atoms with E-state index in [1.54, 1.807) is 0 Å². The van der Waals surface area contributed by atoms with Crippen molar-refractivity contribution < 1.29 is 36.3 Å². The highest BCUT2D eigenvalue weighted by Gasteiger charge is 2.37. The first kappa shape index (κ1) is 29.3. The van der Waals surface area contributed by atoms with E-state index < -0.39 is 40.8 Å². The molecule has 218 valence electrons. The highest BCUT2D eigenvalue weighted by molar-refractivity contribution is 7.99. The van der Waals surface area contributed by atoms with Crippen molar-refractivity contribution in [2.24, 2.45) is 5.16 Å². The summed E-state index contributed by atoms with van der Waals surface area (Å²) in [5.74, 6) is -2.60. The predicted octanol–water partition coefficient (Wildman–Crippen LogP) is 7.38. The van der Waals surface area contributed by atoms with Gasteiger partial charge >= 0.3 is 6.18 Å². The van der Waals surface area contributed by atoms with Gasteiger partial charge in [-0.15, -0.1) is 11.8 Å². The van der Waals surface area contributed by atoms with Crippen LogP contribution in [0.15, 0.2) is 75.6 Å². The third-order valence-corrected chi connectivity index (χ3v) is 8.40. The van der Waals surface area contributed by atoms with Gasteiger partial charge in [0.2, 0.25) is 0 Å². The molecular weight excluding hydrogens is 582 g/mol. The molecule has 42 heavy (non-hydrogen) atoms. The van der Waals surface area contributed by atoms with Gasteiger partial charge in [0, 0.05) is 28.9 Å². The lowest BCUT2D eigenvalue weighted by atomic mass is 9.93. The van der Waals surface area contributed by atoms with E-state index in [1.165, 1.54) is 48.9 Å². The van der Waals surface area contributed by atoms with Gasteiger partial charge < -0.3 is 9.94 Å². The molecule has 4 aromatic rings. The molecule has 3 aromatic carbocycles. The Bertz CT molecular complexity index is 1760. The first-order chi connectivity index (χ1) is 20.0. The molecule has 1 N–H and O–H groups in total. The molecule has 1 aliphatic rings. The lowest BCUT2D eigenvalue weighted by molar-refractivity contribution is -0.137. The van der Waals surface area contributed by atoms with E-state index >= 15 is 4.39 Å². The Morgan fingerprint density at radius 3 is 2.36 bits per heavy atom. The first-order valence-corrected chi connectivity index (χ1v) is 13.5. The summed E-state index contributed by atoms with van der Waals surface area (Å²) in [5, 5.41) is 13.5. The minimum Gasteiger partial charge on any atom is -0.494 e. The van der Waals surface area contributed by atoms with E-state index in [-0.39, 0.29) is 56.5 Å². The summed E-state index contributed by atoms with van der Waals surface area (Å²) in [7, 11) is 1.25. The molecule has 0 spiro atoms. The third kappa shape index (κ3) is 5.04. The molecule has 1 atom stereocenters. The maximum absolute atomic E-state index is 15.5. The van der Waals surface area contributed by atoms with Gasteiger partial charge in [-0.25, -0.2) is 13.2 Å². The molecule has 5 rings (SSSR count). The van der Waals surface area contributed by atoms with Crippen LogP contribution in [0.25, 0.3) is 11.1 Å². The smallest absolute Gasteiger partial charge is 0.416 e. The first-order valence-electron chi connectivity index (χ1n) is 12.5. The van der Waals surface area contributed by atoms with E-state index in [2.05, 4.69) is 5.16 Å². The number of oxime groups is 1. The number of hydrogen-bond donors (Lipinski definition) is 1. The van der Waals surface area contributed by atoms with Crippen LogP contribution >= 0.6 is 11.8 Å². The van der Waals surface area contributed by atoms with E-state index in [4.69, 9.17) is 4.74 Å². The van der Waals surface area contributed by atoms with E-state index in [1.807, 2.05) is 0 Å². The standard InChI is InChI=1S/C30H22F6N2O3S/c1-15-19(13-20-21(31)9-5-10-22(20)32)29-38(28(39)25(15)18-8-4-11-24(41-2)26(18)33)23(14-42-29)27(37-40)16-6-3-7-17(12-16)30(34,35)36/h3-12,23,40H,13-14H2,1-2H3/b37-27+. The Morgan fingerprint density at radius 2 is 1.71 bits per heavy atom. The molecule has 1 unspecified atom stereocenters. The Hall–Kier alpha value is -4.19. The molecule has 0 amide bonds. The molecule has 5 nitrogen and oxygen atoms in total. The molecular formula is C30H22F6N2O3S. The predicted molar refractivity (Wildman–Crippen MR) is 146 cm³/mol. The number of rotatable bonds is 6. The average molecular weight is 605 g/mol. The normalized spacial score (nSPS) is 15.1. The lowest BCUT2D eigenvalue weighted by Gasteiger charge is -2.22. The molecule has 12 heteroatoms. The quantitative estimate of drug-likeness (QED) is 0.108. The summed E-state index contributed by atoms with van der Waals surface area (Å²) in [6, 6.07) is 10.6. The summed E-state index contributed by atoms with van der Waals surface area (Å²) in [6.45, 7) is 1.53. The second-order valence-electron chi connectivity index (χ2n) is 9.55. The van der Waals surface area contributed by atoms with Gasteiger partial charge in [0.25, 0.3) is 5.56 Å². The highest BCUT2D eigenvalue weighted by Crippen LogP contribution is 2.42. The molecule has 0 aliphatic carbocycles. The van der Waals surface area contributed by atoms with Crippen molar-refractivity contribution in [2.45, 2.75) is 30.6 Å². The minimum absolute atomic E-state index is 0.0428. The van der Waals surface area contributed by atoms with Gasteiger partial charge in [0.1, 0.15) is 17.3 Å². The number of aromatic nitrogens is 1. The summed E-state index contributed by atoms with van der Waals surface area (Å²) < 4.78 is 91.7. The van der Waals surface area contributed by atoms with Crippen LogP contribution in [0.4, 0.5) is 26.3 Å². The Kier molecular flexibility index (Phi) is 7.84. The maximum atomic E-state index is 15.5. The topological polar surface area (TPSA) is 63.8 Å². The maximum Gasteiger partial charge on any atom is 0.416 e. The van der Waals surface area contributed by atoms with Gasteiger partial charge in [0.15, 0.2) is 11.6 Å². The van der Waals surface area contributed by atoms with Crippen LogP contribution < -0.4 is 10.3 Å². The fraction of sp³-hybridized carbons (Fsp3) is 0.200. The van der Waals surface area contributed by atoms with E-state index in [0.29, 0.717) is 5.56 Å². The van der Waals surface area contributed by atoms with Gasteiger partial charge in [-0.05, 0) is 48.4 Å². The number of methoxy groups -OCH3 is 1. The second-order valence-corrected chi connectivity index (χ2v) is 10.6. The Balaban J connectivity index is 1.78. The molecule has 1 aliphatic heterocycles. The average Bonchev–Trinajstić information content (AvgIpc) is 3.38. The van der Waals surface area contributed by atoms with Crippen molar-refractivity contribution in [3.05, 3.63) is 116 Å². The van der Waals surface area contributed by atoms with Gasteiger partial charge in [-0.2, -0.15) is 13.2 Å². The van der Waals surface area contributed by atoms with Gasteiger partial charge in [0.05, 0.1) is 29.3 Å². The zero-order valence-corrected chi connectivity index (χ0v) is 22.9. The second kappa shape index (κ2) is 11.2. The number of benzene rings is 3. The Morgan fingerprint density at radius 1 is 1.05 bits per heavy atom. The summed E-state index contributed by atoms with van der Waals surface area (Å²) in [4.78, 5) is 14.1. The van der Waals surface area contributed by atoms with Crippen molar-refractivity contribution >= 4 is 17.5 Å². The van der Waals surface area contributed by atoms with Crippen molar-refractivity contribution in [1.29, 1.82) is 0 Å². The van der Waals surface area contributed by atoms with Crippen molar-refractivity contribution in [1.82, 2.24) is 4.57 Å². The van der Waals surface area contributed by atoms with Crippen LogP contribution in [0.3, 0.4) is 0 Å². The van der Waals surface area contributed by atoms with Gasteiger partial charge in [-0.1, -0.05) is 35.5 Å². The molecule has 1 aromatic heterocycles. The van der Waals surface area contributed by atoms with Gasteiger partial charge in [-0.3, -0.25) is 9.36 Å². The number of nitrogens with zero attached hydrogens (tertiary/aromatic N) is 2. The Labute approximate surface area is 240 Å².